The molecule has 1 aromatic rings. The Labute approximate surface area is 121 Å². The zero-order valence-corrected chi connectivity index (χ0v) is 12.3. The number of nitrogens with zero attached hydrogens (tertiary/aromatic N) is 1. The summed E-state index contributed by atoms with van der Waals surface area (Å²) in [6, 6.07) is 6.71. The van der Waals surface area contributed by atoms with Gasteiger partial charge in [0.25, 0.3) is 0 Å². The van der Waals surface area contributed by atoms with Crippen molar-refractivity contribution in [3.63, 3.8) is 0 Å². The van der Waals surface area contributed by atoms with Gasteiger partial charge in [-0.05, 0) is 36.4 Å². The molecule has 0 amide bonds. The molecule has 1 unspecified atom stereocenters. The maximum Gasteiger partial charge on any atom is 0.0503 e. The van der Waals surface area contributed by atoms with Crippen LogP contribution in [0.4, 0.5) is 5.69 Å². The van der Waals surface area contributed by atoms with E-state index in [1.54, 1.807) is 7.11 Å². The third kappa shape index (κ3) is 3.22. The highest BCUT2D eigenvalue weighted by Gasteiger charge is 2.23. The van der Waals surface area contributed by atoms with E-state index in [1.165, 1.54) is 42.7 Å². The van der Waals surface area contributed by atoms with Crippen LogP contribution < -0.4 is 5.32 Å². The predicted octanol–water partition coefficient (Wildman–Crippen LogP) is 2.54. The van der Waals surface area contributed by atoms with Crippen molar-refractivity contribution in [1.82, 2.24) is 4.90 Å². The second-order valence-corrected chi connectivity index (χ2v) is 5.47. The van der Waals surface area contributed by atoms with Gasteiger partial charge in [-0.1, -0.05) is 18.2 Å². The maximum atomic E-state index is 5.26. The van der Waals surface area contributed by atoms with Crippen molar-refractivity contribution in [3.8, 4) is 0 Å². The van der Waals surface area contributed by atoms with Gasteiger partial charge < -0.3 is 10.1 Å². The number of para-hydroxylation sites is 1. The van der Waals surface area contributed by atoms with Crippen LogP contribution in [0.2, 0.25) is 0 Å². The molecule has 0 bridgehead atoms. The molecule has 1 N–H and O–H groups in total. The molecule has 0 aliphatic carbocycles. The first-order valence-electron chi connectivity index (χ1n) is 6.93. The van der Waals surface area contributed by atoms with E-state index < -0.39 is 0 Å². The summed E-state index contributed by atoms with van der Waals surface area (Å²) in [4.78, 5) is 2.55. The molecule has 1 fully saturated rings. The third-order valence-corrected chi connectivity index (χ3v) is 4.10. The fourth-order valence-corrected chi connectivity index (χ4v) is 3.21. The average molecular weight is 283 g/mol. The summed E-state index contributed by atoms with van der Waals surface area (Å²) >= 11 is 0. The number of nitrogens with one attached hydrogen (secondary N) is 1. The Morgan fingerprint density at radius 3 is 3.16 bits per heavy atom. The van der Waals surface area contributed by atoms with Crippen LogP contribution in [0.1, 0.15) is 17.5 Å². The lowest BCUT2D eigenvalue weighted by atomic mass is 10.1. The normalized spacial score (nSPS) is 21.8. The Morgan fingerprint density at radius 2 is 2.32 bits per heavy atom. The largest absolute Gasteiger partial charge is 0.384 e. The molecule has 4 heteroatoms. The van der Waals surface area contributed by atoms with Crippen LogP contribution >= 0.6 is 12.4 Å². The Bertz CT molecular complexity index is 425. The van der Waals surface area contributed by atoms with Gasteiger partial charge in [0, 0.05) is 32.4 Å². The highest BCUT2D eigenvalue weighted by atomic mass is 35.5. The second kappa shape index (κ2) is 6.60. The van der Waals surface area contributed by atoms with Crippen LogP contribution in [-0.2, 0) is 17.7 Å². The highest BCUT2D eigenvalue weighted by molar-refractivity contribution is 5.85. The minimum Gasteiger partial charge on any atom is -0.384 e. The minimum absolute atomic E-state index is 0. The van der Waals surface area contributed by atoms with E-state index in [0.29, 0.717) is 0 Å². The van der Waals surface area contributed by atoms with Gasteiger partial charge in [0.05, 0.1) is 6.61 Å². The van der Waals surface area contributed by atoms with Crippen molar-refractivity contribution in [3.05, 3.63) is 29.3 Å². The molecule has 1 saturated heterocycles. The molecule has 0 aromatic heterocycles. The van der Waals surface area contributed by atoms with Crippen molar-refractivity contribution in [1.29, 1.82) is 0 Å². The van der Waals surface area contributed by atoms with Crippen molar-refractivity contribution in [2.24, 2.45) is 5.92 Å². The summed E-state index contributed by atoms with van der Waals surface area (Å²) in [6.45, 7) is 5.46. The first kappa shape index (κ1) is 14.6. The van der Waals surface area contributed by atoms with Crippen molar-refractivity contribution in [2.45, 2.75) is 19.4 Å². The smallest absolute Gasteiger partial charge is 0.0503 e. The Kier molecular flexibility index (Phi) is 5.08. The van der Waals surface area contributed by atoms with Gasteiger partial charge in [0.1, 0.15) is 0 Å². The van der Waals surface area contributed by atoms with Gasteiger partial charge in [-0.2, -0.15) is 0 Å². The Hall–Kier alpha value is -0.770. The summed E-state index contributed by atoms with van der Waals surface area (Å²) in [6.07, 6.45) is 2.45. The van der Waals surface area contributed by atoms with Gasteiger partial charge in [-0.15, -0.1) is 12.4 Å². The number of likely N-dealkylation sites (tertiary alicyclic amines) is 1. The molecule has 2 aliphatic heterocycles. The average Bonchev–Trinajstić information content (AvgIpc) is 2.99. The quantitative estimate of drug-likeness (QED) is 0.919. The van der Waals surface area contributed by atoms with E-state index >= 15 is 0 Å². The minimum atomic E-state index is 0. The van der Waals surface area contributed by atoms with E-state index in [9.17, 15) is 0 Å². The summed E-state index contributed by atoms with van der Waals surface area (Å²) in [7, 11) is 1.80. The molecular formula is C15H23ClN2O. The van der Waals surface area contributed by atoms with Crippen LogP contribution in [0, 0.1) is 5.92 Å². The Morgan fingerprint density at radius 1 is 1.42 bits per heavy atom. The highest BCUT2D eigenvalue weighted by Crippen LogP contribution is 2.28. The summed E-state index contributed by atoms with van der Waals surface area (Å²) in [5.74, 6) is 0.722. The third-order valence-electron chi connectivity index (χ3n) is 4.10. The predicted molar refractivity (Wildman–Crippen MR) is 81.1 cm³/mol. The van der Waals surface area contributed by atoms with Crippen molar-refractivity contribution >= 4 is 18.1 Å². The number of hydrogen-bond acceptors (Lipinski definition) is 3. The number of halogens is 1. The SMILES string of the molecule is COCC1CCN(Cc2cccc3c2NCC3)C1.Cl. The summed E-state index contributed by atoms with van der Waals surface area (Å²) < 4.78 is 5.26. The number of hydrogen-bond donors (Lipinski definition) is 1. The lowest BCUT2D eigenvalue weighted by Gasteiger charge is -2.18. The monoisotopic (exact) mass is 282 g/mol. The van der Waals surface area contributed by atoms with Crippen LogP contribution in [0.3, 0.4) is 0 Å². The molecule has 0 saturated carbocycles. The van der Waals surface area contributed by atoms with E-state index in [4.69, 9.17) is 4.74 Å². The van der Waals surface area contributed by atoms with Crippen molar-refractivity contribution in [2.75, 3.05) is 38.7 Å². The van der Waals surface area contributed by atoms with Gasteiger partial charge >= 0.3 is 0 Å². The molecule has 2 heterocycles. The lowest BCUT2D eigenvalue weighted by Crippen LogP contribution is -2.21. The van der Waals surface area contributed by atoms with Crippen LogP contribution in [0.5, 0.6) is 0 Å². The second-order valence-electron chi connectivity index (χ2n) is 5.47. The number of anilines is 1. The van der Waals surface area contributed by atoms with Crippen LogP contribution in [0.15, 0.2) is 18.2 Å². The molecule has 2 aliphatic rings. The fraction of sp³-hybridized carbons (Fsp3) is 0.600. The maximum absolute atomic E-state index is 5.26. The summed E-state index contributed by atoms with van der Waals surface area (Å²) in [5, 5.41) is 3.53. The molecule has 3 nitrogen and oxygen atoms in total. The van der Waals surface area contributed by atoms with E-state index in [0.717, 1.165) is 25.6 Å². The van der Waals surface area contributed by atoms with Gasteiger partial charge in [-0.25, -0.2) is 0 Å². The zero-order chi connectivity index (χ0) is 12.4. The number of fused-ring (bicyclic) bond motifs is 1. The van der Waals surface area contributed by atoms with E-state index in [1.807, 2.05) is 0 Å². The number of ether oxygens (including phenoxy) is 1. The first-order valence-corrected chi connectivity index (χ1v) is 6.93. The molecule has 0 radical (unpaired) electrons. The standard InChI is InChI=1S/C15H22N2O.ClH/c1-18-11-12-6-8-17(9-12)10-14-4-2-3-13-5-7-16-15(13)14;/h2-4,12,16H,5-11H2,1H3;1H. The number of methoxy groups -OCH3 is 1. The molecule has 106 valence electrons. The summed E-state index contributed by atoms with van der Waals surface area (Å²) in [5.41, 5.74) is 4.34. The number of benzene rings is 1. The molecule has 19 heavy (non-hydrogen) atoms. The molecule has 0 spiro atoms. The molecular weight excluding hydrogens is 260 g/mol. The lowest BCUT2D eigenvalue weighted by molar-refractivity contribution is 0.152. The van der Waals surface area contributed by atoms with Gasteiger partial charge in [-0.3, -0.25) is 4.90 Å². The molecule has 1 aromatic carbocycles. The first-order chi connectivity index (χ1) is 8.86. The molecule has 1 atom stereocenters. The van der Waals surface area contributed by atoms with Crippen molar-refractivity contribution < 1.29 is 4.74 Å². The fourth-order valence-electron chi connectivity index (χ4n) is 3.21. The molecule has 3 rings (SSSR count). The van der Waals surface area contributed by atoms with Gasteiger partial charge in [0.2, 0.25) is 0 Å². The Balaban J connectivity index is 0.00000133. The van der Waals surface area contributed by atoms with E-state index in [2.05, 4.69) is 28.4 Å². The van der Waals surface area contributed by atoms with E-state index in [-0.39, 0.29) is 12.4 Å². The van der Waals surface area contributed by atoms with Crippen LogP contribution in [-0.4, -0.2) is 38.3 Å². The van der Waals surface area contributed by atoms with Crippen LogP contribution in [0.25, 0.3) is 0 Å². The topological polar surface area (TPSA) is 24.5 Å². The zero-order valence-electron chi connectivity index (χ0n) is 11.5. The van der Waals surface area contributed by atoms with Gasteiger partial charge in [0.15, 0.2) is 0 Å². The number of rotatable bonds is 4.